The Morgan fingerprint density at radius 2 is 2.11 bits per heavy atom. The molecule has 2 saturated heterocycles. The quantitative estimate of drug-likeness (QED) is 0.760. The van der Waals surface area contributed by atoms with Gasteiger partial charge in [-0.2, -0.15) is 0 Å². The summed E-state index contributed by atoms with van der Waals surface area (Å²) in [6, 6.07) is 0.626. The Bertz CT molecular complexity index is 244. The van der Waals surface area contributed by atoms with Gasteiger partial charge in [-0.05, 0) is 39.3 Å². The van der Waals surface area contributed by atoms with Gasteiger partial charge < -0.3 is 19.7 Å². The molecule has 0 aromatic carbocycles. The molecule has 4 heteroatoms. The maximum absolute atomic E-state index is 5.72. The molecule has 0 aliphatic carbocycles. The molecule has 2 aliphatic rings. The molecule has 2 fully saturated rings. The van der Waals surface area contributed by atoms with Gasteiger partial charge in [0.15, 0.2) is 0 Å². The zero-order chi connectivity index (χ0) is 13.5. The molecule has 0 spiro atoms. The second kappa shape index (κ2) is 8.20. The highest BCUT2D eigenvalue weighted by Gasteiger charge is 2.27. The summed E-state index contributed by atoms with van der Waals surface area (Å²) in [6.45, 7) is 8.29. The molecular weight excluding hydrogens is 240 g/mol. The maximum atomic E-state index is 5.72. The Hall–Kier alpha value is -0.160. The summed E-state index contributed by atoms with van der Waals surface area (Å²) < 4.78 is 11.4. The SMILES string of the molecule is CCCNC1CCOCC1CN(C)CC1CCCO1. The van der Waals surface area contributed by atoms with Gasteiger partial charge in [0, 0.05) is 38.3 Å². The predicted molar refractivity (Wildman–Crippen MR) is 77.5 cm³/mol. The summed E-state index contributed by atoms with van der Waals surface area (Å²) in [6.07, 6.45) is 5.26. The zero-order valence-corrected chi connectivity index (χ0v) is 12.6. The summed E-state index contributed by atoms with van der Waals surface area (Å²) in [4.78, 5) is 2.43. The number of hydrogen-bond acceptors (Lipinski definition) is 4. The van der Waals surface area contributed by atoms with Crippen molar-refractivity contribution in [3.05, 3.63) is 0 Å². The molecule has 0 amide bonds. The molecule has 1 N–H and O–H groups in total. The highest BCUT2D eigenvalue weighted by Crippen LogP contribution is 2.18. The van der Waals surface area contributed by atoms with Crippen molar-refractivity contribution in [2.24, 2.45) is 5.92 Å². The molecule has 112 valence electrons. The lowest BCUT2D eigenvalue weighted by molar-refractivity contribution is 0.0113. The number of likely N-dealkylation sites (N-methyl/N-ethyl adjacent to an activating group) is 1. The highest BCUT2D eigenvalue weighted by atomic mass is 16.5. The Morgan fingerprint density at radius 1 is 1.21 bits per heavy atom. The number of rotatable bonds is 7. The van der Waals surface area contributed by atoms with E-state index in [2.05, 4.69) is 24.2 Å². The fourth-order valence-corrected chi connectivity index (χ4v) is 3.19. The van der Waals surface area contributed by atoms with Gasteiger partial charge in [-0.3, -0.25) is 0 Å². The Balaban J connectivity index is 1.73. The van der Waals surface area contributed by atoms with Crippen molar-refractivity contribution in [3.8, 4) is 0 Å². The van der Waals surface area contributed by atoms with Crippen molar-refractivity contribution < 1.29 is 9.47 Å². The van der Waals surface area contributed by atoms with E-state index in [1.54, 1.807) is 0 Å². The first kappa shape index (κ1) is 15.2. The fraction of sp³-hybridized carbons (Fsp3) is 1.00. The van der Waals surface area contributed by atoms with Gasteiger partial charge in [-0.25, -0.2) is 0 Å². The van der Waals surface area contributed by atoms with Crippen LogP contribution in [0, 0.1) is 5.92 Å². The minimum Gasteiger partial charge on any atom is -0.381 e. The average Bonchev–Trinajstić information content (AvgIpc) is 2.90. The van der Waals surface area contributed by atoms with Crippen LogP contribution in [0.15, 0.2) is 0 Å². The van der Waals surface area contributed by atoms with Crippen LogP contribution in [0.4, 0.5) is 0 Å². The lowest BCUT2D eigenvalue weighted by Crippen LogP contribution is -2.48. The molecule has 0 saturated carbocycles. The summed E-state index contributed by atoms with van der Waals surface area (Å²) in [5.74, 6) is 0.617. The molecular formula is C15H30N2O2. The van der Waals surface area contributed by atoms with E-state index < -0.39 is 0 Å². The van der Waals surface area contributed by atoms with Crippen molar-refractivity contribution in [1.82, 2.24) is 10.2 Å². The summed E-state index contributed by atoms with van der Waals surface area (Å²) in [5.41, 5.74) is 0. The molecule has 4 nitrogen and oxygen atoms in total. The minimum atomic E-state index is 0.455. The molecule has 0 bridgehead atoms. The van der Waals surface area contributed by atoms with Gasteiger partial charge >= 0.3 is 0 Å². The number of nitrogens with one attached hydrogen (secondary N) is 1. The van der Waals surface area contributed by atoms with E-state index in [0.29, 0.717) is 18.1 Å². The lowest BCUT2D eigenvalue weighted by Gasteiger charge is -2.35. The Labute approximate surface area is 117 Å². The third-order valence-electron chi connectivity index (χ3n) is 4.22. The standard InChI is InChI=1S/C15H30N2O2/c1-3-7-16-15-6-9-18-12-13(15)10-17(2)11-14-5-4-8-19-14/h13-16H,3-12H2,1-2H3. The van der Waals surface area contributed by atoms with Gasteiger partial charge in [0.2, 0.25) is 0 Å². The summed E-state index contributed by atoms with van der Waals surface area (Å²) >= 11 is 0. The van der Waals surface area contributed by atoms with Crippen LogP contribution in [0.3, 0.4) is 0 Å². The first-order valence-corrected chi connectivity index (χ1v) is 7.91. The predicted octanol–water partition coefficient (Wildman–Crippen LogP) is 1.50. The molecule has 2 heterocycles. The number of nitrogens with zero attached hydrogens (tertiary/aromatic N) is 1. The van der Waals surface area contributed by atoms with Crippen LogP contribution < -0.4 is 5.32 Å². The molecule has 0 radical (unpaired) electrons. The summed E-state index contributed by atoms with van der Waals surface area (Å²) in [5, 5.41) is 3.68. The van der Waals surface area contributed by atoms with E-state index in [4.69, 9.17) is 9.47 Å². The van der Waals surface area contributed by atoms with Crippen molar-refractivity contribution in [1.29, 1.82) is 0 Å². The lowest BCUT2D eigenvalue weighted by atomic mass is 9.95. The molecule has 0 aromatic heterocycles. The molecule has 3 atom stereocenters. The van der Waals surface area contributed by atoms with Crippen molar-refractivity contribution >= 4 is 0 Å². The second-order valence-electron chi connectivity index (χ2n) is 6.04. The third-order valence-corrected chi connectivity index (χ3v) is 4.22. The van der Waals surface area contributed by atoms with Crippen molar-refractivity contribution in [3.63, 3.8) is 0 Å². The maximum Gasteiger partial charge on any atom is 0.0702 e. The van der Waals surface area contributed by atoms with Crippen LogP contribution in [0.1, 0.15) is 32.6 Å². The van der Waals surface area contributed by atoms with Crippen LogP contribution in [0.5, 0.6) is 0 Å². The van der Waals surface area contributed by atoms with E-state index in [9.17, 15) is 0 Å². The van der Waals surface area contributed by atoms with Crippen LogP contribution in [0.2, 0.25) is 0 Å². The smallest absolute Gasteiger partial charge is 0.0702 e. The normalized spacial score (nSPS) is 32.1. The largest absolute Gasteiger partial charge is 0.381 e. The van der Waals surface area contributed by atoms with E-state index in [-0.39, 0.29) is 0 Å². The second-order valence-corrected chi connectivity index (χ2v) is 6.04. The van der Waals surface area contributed by atoms with E-state index in [1.165, 1.54) is 19.3 Å². The van der Waals surface area contributed by atoms with Gasteiger partial charge in [0.1, 0.15) is 0 Å². The van der Waals surface area contributed by atoms with Crippen LogP contribution >= 0.6 is 0 Å². The van der Waals surface area contributed by atoms with Gasteiger partial charge in [-0.1, -0.05) is 6.92 Å². The molecule has 3 unspecified atom stereocenters. The Kier molecular flexibility index (Phi) is 6.57. The van der Waals surface area contributed by atoms with Crippen molar-refractivity contribution in [2.45, 2.75) is 44.8 Å². The monoisotopic (exact) mass is 270 g/mol. The molecule has 0 aromatic rings. The van der Waals surface area contributed by atoms with Crippen LogP contribution in [-0.2, 0) is 9.47 Å². The third kappa shape index (κ3) is 5.03. The van der Waals surface area contributed by atoms with E-state index in [1.807, 2.05) is 0 Å². The molecule has 19 heavy (non-hydrogen) atoms. The van der Waals surface area contributed by atoms with Crippen LogP contribution in [0.25, 0.3) is 0 Å². The first-order valence-electron chi connectivity index (χ1n) is 7.91. The Morgan fingerprint density at radius 3 is 2.84 bits per heavy atom. The topological polar surface area (TPSA) is 33.7 Å². The average molecular weight is 270 g/mol. The molecule has 2 aliphatic heterocycles. The highest BCUT2D eigenvalue weighted by molar-refractivity contribution is 4.82. The van der Waals surface area contributed by atoms with Crippen LogP contribution in [-0.4, -0.2) is 63.5 Å². The first-order chi connectivity index (χ1) is 9.29. The van der Waals surface area contributed by atoms with Gasteiger partial charge in [0.05, 0.1) is 12.7 Å². The van der Waals surface area contributed by atoms with Gasteiger partial charge in [-0.15, -0.1) is 0 Å². The minimum absolute atomic E-state index is 0.455. The van der Waals surface area contributed by atoms with Crippen molar-refractivity contribution in [2.75, 3.05) is 46.5 Å². The van der Waals surface area contributed by atoms with E-state index >= 15 is 0 Å². The van der Waals surface area contributed by atoms with Gasteiger partial charge in [0.25, 0.3) is 0 Å². The molecule has 2 rings (SSSR count). The number of ether oxygens (including phenoxy) is 2. The zero-order valence-electron chi connectivity index (χ0n) is 12.6. The number of hydrogen-bond donors (Lipinski definition) is 1. The van der Waals surface area contributed by atoms with E-state index in [0.717, 1.165) is 45.9 Å². The fourth-order valence-electron chi connectivity index (χ4n) is 3.19. The summed E-state index contributed by atoms with van der Waals surface area (Å²) in [7, 11) is 2.22.